The van der Waals surface area contributed by atoms with E-state index in [2.05, 4.69) is 5.32 Å². The number of carboxylic acid groups (broad SMARTS) is 1. The van der Waals surface area contributed by atoms with Crippen molar-refractivity contribution in [1.29, 1.82) is 0 Å². The standard InChI is InChI=1S/C13H20N2O3S/c16-11(5-8-3-4-14-6-8)15-10(13(17)18)7-19-12(15)9-1-2-9/h8-10,12,14H,1-7H2,(H,17,18). The third kappa shape index (κ3) is 2.74. The van der Waals surface area contributed by atoms with Crippen LogP contribution in [0.25, 0.3) is 0 Å². The lowest BCUT2D eigenvalue weighted by Crippen LogP contribution is -2.46. The Morgan fingerprint density at radius 3 is 2.68 bits per heavy atom. The van der Waals surface area contributed by atoms with E-state index in [1.165, 1.54) is 0 Å². The molecule has 106 valence electrons. The number of nitrogens with zero attached hydrogens (tertiary/aromatic N) is 1. The van der Waals surface area contributed by atoms with Crippen molar-refractivity contribution in [2.24, 2.45) is 11.8 Å². The van der Waals surface area contributed by atoms with Crippen LogP contribution in [0.4, 0.5) is 0 Å². The zero-order valence-corrected chi connectivity index (χ0v) is 11.7. The highest BCUT2D eigenvalue weighted by molar-refractivity contribution is 8.00. The van der Waals surface area contributed by atoms with E-state index in [4.69, 9.17) is 0 Å². The quantitative estimate of drug-likeness (QED) is 0.797. The van der Waals surface area contributed by atoms with E-state index in [0.29, 0.717) is 24.0 Å². The molecule has 0 spiro atoms. The first kappa shape index (κ1) is 13.2. The molecule has 2 aliphatic heterocycles. The molecule has 6 heteroatoms. The molecule has 5 nitrogen and oxygen atoms in total. The lowest BCUT2D eigenvalue weighted by molar-refractivity contribution is -0.149. The van der Waals surface area contributed by atoms with Gasteiger partial charge < -0.3 is 15.3 Å². The van der Waals surface area contributed by atoms with Crippen LogP contribution in [0.2, 0.25) is 0 Å². The maximum Gasteiger partial charge on any atom is 0.327 e. The molecule has 2 saturated heterocycles. The summed E-state index contributed by atoms with van der Waals surface area (Å²) in [4.78, 5) is 25.5. The number of carboxylic acids is 1. The van der Waals surface area contributed by atoms with Crippen molar-refractivity contribution in [3.8, 4) is 0 Å². The second kappa shape index (κ2) is 5.32. The minimum Gasteiger partial charge on any atom is -0.480 e. The zero-order chi connectivity index (χ0) is 13.4. The van der Waals surface area contributed by atoms with Gasteiger partial charge in [0.2, 0.25) is 5.91 Å². The van der Waals surface area contributed by atoms with Gasteiger partial charge in [0.15, 0.2) is 0 Å². The highest BCUT2D eigenvalue weighted by atomic mass is 32.2. The molecule has 3 unspecified atom stereocenters. The maximum absolute atomic E-state index is 12.5. The van der Waals surface area contributed by atoms with Crippen LogP contribution in [0.5, 0.6) is 0 Å². The largest absolute Gasteiger partial charge is 0.480 e. The van der Waals surface area contributed by atoms with Gasteiger partial charge in [0.1, 0.15) is 6.04 Å². The van der Waals surface area contributed by atoms with Crippen LogP contribution in [0, 0.1) is 11.8 Å². The summed E-state index contributed by atoms with van der Waals surface area (Å²) in [5.74, 6) is 0.648. The van der Waals surface area contributed by atoms with Crippen LogP contribution in [0.1, 0.15) is 25.7 Å². The molecule has 0 bridgehead atoms. The van der Waals surface area contributed by atoms with Crippen molar-refractivity contribution >= 4 is 23.6 Å². The lowest BCUT2D eigenvalue weighted by atomic mass is 10.0. The van der Waals surface area contributed by atoms with Gasteiger partial charge in [0, 0.05) is 12.2 Å². The Bertz CT molecular complexity index is 380. The summed E-state index contributed by atoms with van der Waals surface area (Å²) in [6.07, 6.45) is 3.80. The minimum atomic E-state index is -0.853. The predicted octanol–water partition coefficient (Wildman–Crippen LogP) is 0.751. The van der Waals surface area contributed by atoms with Gasteiger partial charge in [-0.05, 0) is 44.2 Å². The molecule has 2 N–H and O–H groups in total. The van der Waals surface area contributed by atoms with E-state index in [9.17, 15) is 14.7 Å². The monoisotopic (exact) mass is 284 g/mol. The van der Waals surface area contributed by atoms with Gasteiger partial charge in [0.05, 0.1) is 5.37 Å². The van der Waals surface area contributed by atoms with Crippen molar-refractivity contribution in [2.75, 3.05) is 18.8 Å². The minimum absolute atomic E-state index is 0.0444. The van der Waals surface area contributed by atoms with Crippen LogP contribution in [-0.4, -0.2) is 52.1 Å². The average molecular weight is 284 g/mol. The van der Waals surface area contributed by atoms with Crippen molar-refractivity contribution in [3.05, 3.63) is 0 Å². The van der Waals surface area contributed by atoms with E-state index < -0.39 is 12.0 Å². The number of hydrogen-bond acceptors (Lipinski definition) is 4. The molecular weight excluding hydrogens is 264 g/mol. The van der Waals surface area contributed by atoms with E-state index in [1.54, 1.807) is 16.7 Å². The van der Waals surface area contributed by atoms with Crippen LogP contribution in [0.3, 0.4) is 0 Å². The van der Waals surface area contributed by atoms with Gasteiger partial charge in [0.25, 0.3) is 0 Å². The Morgan fingerprint density at radius 2 is 2.11 bits per heavy atom. The Balaban J connectivity index is 1.69. The van der Waals surface area contributed by atoms with Gasteiger partial charge >= 0.3 is 5.97 Å². The van der Waals surface area contributed by atoms with Crippen LogP contribution in [-0.2, 0) is 9.59 Å². The number of aliphatic carboxylic acids is 1. The molecule has 3 fully saturated rings. The molecule has 3 rings (SSSR count). The molecule has 1 amide bonds. The molecule has 0 aromatic rings. The molecule has 0 radical (unpaired) electrons. The molecule has 3 aliphatic rings. The number of carbonyl (C=O) groups is 2. The van der Waals surface area contributed by atoms with E-state index in [-0.39, 0.29) is 11.3 Å². The number of nitrogens with one attached hydrogen (secondary N) is 1. The molecule has 0 aromatic carbocycles. The molecule has 2 heterocycles. The summed E-state index contributed by atoms with van der Waals surface area (Å²) in [6, 6.07) is -0.613. The number of carbonyl (C=O) groups excluding carboxylic acids is 1. The normalized spacial score (nSPS) is 34.7. The summed E-state index contributed by atoms with van der Waals surface area (Å²) >= 11 is 1.65. The Morgan fingerprint density at radius 1 is 1.32 bits per heavy atom. The number of amides is 1. The lowest BCUT2D eigenvalue weighted by Gasteiger charge is -2.28. The molecule has 1 saturated carbocycles. The third-order valence-electron chi connectivity index (χ3n) is 4.26. The van der Waals surface area contributed by atoms with Gasteiger partial charge in [-0.25, -0.2) is 4.79 Å². The second-order valence-corrected chi connectivity index (χ2v) is 6.93. The Kier molecular flexibility index (Phi) is 3.71. The summed E-state index contributed by atoms with van der Waals surface area (Å²) in [5, 5.41) is 12.7. The molecule has 1 aliphatic carbocycles. The number of thioether (sulfide) groups is 1. The van der Waals surface area contributed by atoms with Crippen LogP contribution >= 0.6 is 11.8 Å². The highest BCUT2D eigenvalue weighted by Crippen LogP contribution is 2.45. The van der Waals surface area contributed by atoms with Gasteiger partial charge in [-0.2, -0.15) is 0 Å². The first-order valence-electron chi connectivity index (χ1n) is 7.03. The van der Waals surface area contributed by atoms with Crippen LogP contribution < -0.4 is 5.32 Å². The fourth-order valence-electron chi connectivity index (χ4n) is 3.02. The number of hydrogen-bond donors (Lipinski definition) is 2. The molecule has 19 heavy (non-hydrogen) atoms. The second-order valence-electron chi connectivity index (χ2n) is 5.78. The third-order valence-corrected chi connectivity index (χ3v) is 5.72. The highest BCUT2D eigenvalue weighted by Gasteiger charge is 2.48. The summed E-state index contributed by atoms with van der Waals surface area (Å²) < 4.78 is 0. The topological polar surface area (TPSA) is 69.6 Å². The fraction of sp³-hybridized carbons (Fsp3) is 0.846. The number of rotatable bonds is 4. The van der Waals surface area contributed by atoms with E-state index >= 15 is 0 Å². The molecule has 0 aromatic heterocycles. The first-order valence-corrected chi connectivity index (χ1v) is 8.08. The predicted molar refractivity (Wildman–Crippen MR) is 72.8 cm³/mol. The fourth-order valence-corrected chi connectivity index (χ4v) is 4.67. The van der Waals surface area contributed by atoms with Gasteiger partial charge in [-0.3, -0.25) is 4.79 Å². The summed E-state index contributed by atoms with van der Waals surface area (Å²) in [5.41, 5.74) is 0. The van der Waals surface area contributed by atoms with E-state index in [1.807, 2.05) is 0 Å². The summed E-state index contributed by atoms with van der Waals surface area (Å²) in [7, 11) is 0. The maximum atomic E-state index is 12.5. The van der Waals surface area contributed by atoms with Crippen LogP contribution in [0.15, 0.2) is 0 Å². The van der Waals surface area contributed by atoms with Crippen molar-refractivity contribution in [3.63, 3.8) is 0 Å². The van der Waals surface area contributed by atoms with E-state index in [0.717, 1.165) is 32.4 Å². The molecular formula is C13H20N2O3S. The van der Waals surface area contributed by atoms with Crippen molar-refractivity contribution < 1.29 is 14.7 Å². The first-order chi connectivity index (χ1) is 9.16. The average Bonchev–Trinajstić information content (AvgIpc) is 2.91. The van der Waals surface area contributed by atoms with Gasteiger partial charge in [-0.1, -0.05) is 0 Å². The van der Waals surface area contributed by atoms with Crippen molar-refractivity contribution in [1.82, 2.24) is 10.2 Å². The molecule has 3 atom stereocenters. The Labute approximate surface area is 117 Å². The smallest absolute Gasteiger partial charge is 0.327 e. The zero-order valence-electron chi connectivity index (χ0n) is 10.9. The van der Waals surface area contributed by atoms with Gasteiger partial charge in [-0.15, -0.1) is 11.8 Å². The Hall–Kier alpha value is -0.750. The summed E-state index contributed by atoms with van der Waals surface area (Å²) in [6.45, 7) is 1.86. The van der Waals surface area contributed by atoms with Crippen molar-refractivity contribution in [2.45, 2.75) is 37.1 Å². The SMILES string of the molecule is O=C(O)C1CSC(C2CC2)N1C(=O)CC1CCNC1.